The van der Waals surface area contributed by atoms with Gasteiger partial charge in [0, 0.05) is 50.4 Å². The molecule has 4 heteroatoms. The lowest BCUT2D eigenvalue weighted by atomic mass is 10.1. The number of hydrogen-bond donors (Lipinski definition) is 1. The number of rotatable bonds is 5. The summed E-state index contributed by atoms with van der Waals surface area (Å²) in [5.74, 6) is 0.703. The maximum Gasteiger partial charge on any atom is 0.0930 e. The molecule has 1 aromatic rings. The third kappa shape index (κ3) is 4.04. The van der Waals surface area contributed by atoms with Gasteiger partial charge in [0.05, 0.1) is 10.7 Å². The Hall–Kier alpha value is -0.450. The van der Waals surface area contributed by atoms with Crippen LogP contribution >= 0.6 is 11.3 Å². The Labute approximate surface area is 115 Å². The average Bonchev–Trinajstić information content (AvgIpc) is 2.76. The third-order valence-corrected chi connectivity index (χ3v) is 4.38. The van der Waals surface area contributed by atoms with E-state index in [0.29, 0.717) is 12.0 Å². The van der Waals surface area contributed by atoms with Gasteiger partial charge in [0.2, 0.25) is 0 Å². The van der Waals surface area contributed by atoms with Crippen LogP contribution in [0, 0.1) is 5.92 Å². The van der Waals surface area contributed by atoms with E-state index in [1.165, 1.54) is 23.8 Å². The molecule has 1 aromatic heterocycles. The van der Waals surface area contributed by atoms with Crippen molar-refractivity contribution in [3.8, 4) is 0 Å². The monoisotopic (exact) mass is 267 g/mol. The largest absolute Gasteiger partial charge is 0.314 e. The van der Waals surface area contributed by atoms with Crippen LogP contribution in [0.5, 0.6) is 0 Å². The van der Waals surface area contributed by atoms with Crippen LogP contribution in [0.1, 0.15) is 31.5 Å². The molecule has 0 spiro atoms. The van der Waals surface area contributed by atoms with Gasteiger partial charge in [-0.3, -0.25) is 4.90 Å². The molecule has 0 aromatic carbocycles. The summed E-state index contributed by atoms with van der Waals surface area (Å²) in [7, 11) is 0. The van der Waals surface area contributed by atoms with Gasteiger partial charge in [-0.2, -0.15) is 0 Å². The molecule has 0 bridgehead atoms. The Kier molecular flexibility index (Phi) is 5.15. The number of aromatic nitrogens is 1. The second kappa shape index (κ2) is 6.64. The highest BCUT2D eigenvalue weighted by atomic mass is 32.1. The summed E-state index contributed by atoms with van der Waals surface area (Å²) in [6, 6.07) is 0.612. The zero-order valence-corrected chi connectivity index (χ0v) is 12.6. The topological polar surface area (TPSA) is 28.2 Å². The molecule has 1 unspecified atom stereocenters. The van der Waals surface area contributed by atoms with E-state index < -0.39 is 0 Å². The first kappa shape index (κ1) is 14.0. The Morgan fingerprint density at radius 3 is 2.67 bits per heavy atom. The minimum absolute atomic E-state index is 0.612. The molecule has 1 saturated heterocycles. The first-order valence-corrected chi connectivity index (χ1v) is 7.91. The summed E-state index contributed by atoms with van der Waals surface area (Å²) in [6.07, 6.45) is 2.21. The number of hydrogen-bond acceptors (Lipinski definition) is 4. The summed E-state index contributed by atoms with van der Waals surface area (Å²) >= 11 is 1.82. The summed E-state index contributed by atoms with van der Waals surface area (Å²) < 4.78 is 0. The van der Waals surface area contributed by atoms with Crippen molar-refractivity contribution in [2.45, 2.75) is 39.7 Å². The minimum Gasteiger partial charge on any atom is -0.314 e. The average molecular weight is 267 g/mol. The van der Waals surface area contributed by atoms with Crippen LogP contribution in [0.4, 0.5) is 0 Å². The molecule has 0 saturated carbocycles. The fourth-order valence-corrected chi connectivity index (χ4v) is 3.46. The van der Waals surface area contributed by atoms with Crippen LogP contribution in [-0.2, 0) is 12.8 Å². The highest BCUT2D eigenvalue weighted by Crippen LogP contribution is 2.16. The predicted octanol–water partition coefficient (Wildman–Crippen LogP) is 2.18. The SMILES string of the molecule is CC(C)Cc1nc(CC(C)N2CCNCC2)cs1. The fraction of sp³-hybridized carbons (Fsp3) is 0.786. The maximum atomic E-state index is 4.76. The molecule has 1 N–H and O–H groups in total. The van der Waals surface area contributed by atoms with Crippen LogP contribution in [0.3, 0.4) is 0 Å². The quantitative estimate of drug-likeness (QED) is 0.886. The van der Waals surface area contributed by atoms with E-state index >= 15 is 0 Å². The number of piperazine rings is 1. The molecular formula is C14H25N3S. The van der Waals surface area contributed by atoms with E-state index in [4.69, 9.17) is 4.98 Å². The van der Waals surface area contributed by atoms with Gasteiger partial charge in [0.15, 0.2) is 0 Å². The van der Waals surface area contributed by atoms with Crippen LogP contribution in [0.25, 0.3) is 0 Å². The molecule has 2 heterocycles. The summed E-state index contributed by atoms with van der Waals surface area (Å²) in [5, 5.41) is 6.95. The molecule has 102 valence electrons. The number of thiazole rings is 1. The molecule has 18 heavy (non-hydrogen) atoms. The van der Waals surface area contributed by atoms with Gasteiger partial charge in [-0.05, 0) is 12.8 Å². The third-order valence-electron chi connectivity index (χ3n) is 3.46. The minimum atomic E-state index is 0.612. The fourth-order valence-electron chi connectivity index (χ4n) is 2.44. The lowest BCUT2D eigenvalue weighted by Crippen LogP contribution is -2.48. The smallest absolute Gasteiger partial charge is 0.0930 e. The Morgan fingerprint density at radius 1 is 1.28 bits per heavy atom. The Balaban J connectivity index is 1.86. The van der Waals surface area contributed by atoms with E-state index in [2.05, 4.69) is 36.4 Å². The molecule has 1 aliphatic heterocycles. The lowest BCUT2D eigenvalue weighted by Gasteiger charge is -2.32. The molecular weight excluding hydrogens is 242 g/mol. The van der Waals surface area contributed by atoms with E-state index in [-0.39, 0.29) is 0 Å². The van der Waals surface area contributed by atoms with Crippen molar-refractivity contribution in [1.82, 2.24) is 15.2 Å². The van der Waals surface area contributed by atoms with Gasteiger partial charge in [0.1, 0.15) is 0 Å². The zero-order valence-electron chi connectivity index (χ0n) is 11.8. The van der Waals surface area contributed by atoms with Gasteiger partial charge >= 0.3 is 0 Å². The van der Waals surface area contributed by atoms with Crippen molar-refractivity contribution >= 4 is 11.3 Å². The zero-order chi connectivity index (χ0) is 13.0. The van der Waals surface area contributed by atoms with Crippen molar-refractivity contribution in [1.29, 1.82) is 0 Å². The van der Waals surface area contributed by atoms with Crippen molar-refractivity contribution in [2.24, 2.45) is 5.92 Å². The lowest BCUT2D eigenvalue weighted by molar-refractivity contribution is 0.182. The first-order chi connectivity index (χ1) is 8.65. The molecule has 0 amide bonds. The van der Waals surface area contributed by atoms with Crippen LogP contribution in [-0.4, -0.2) is 42.1 Å². The maximum absolute atomic E-state index is 4.76. The molecule has 0 radical (unpaired) electrons. The van der Waals surface area contributed by atoms with E-state index in [0.717, 1.165) is 25.9 Å². The van der Waals surface area contributed by atoms with Gasteiger partial charge < -0.3 is 5.32 Å². The number of nitrogens with zero attached hydrogens (tertiary/aromatic N) is 2. The van der Waals surface area contributed by atoms with Crippen molar-refractivity contribution in [3.05, 3.63) is 16.1 Å². The van der Waals surface area contributed by atoms with Crippen molar-refractivity contribution in [2.75, 3.05) is 26.2 Å². The predicted molar refractivity (Wildman–Crippen MR) is 78.3 cm³/mol. The molecule has 1 fully saturated rings. The van der Waals surface area contributed by atoms with Crippen LogP contribution < -0.4 is 5.32 Å². The van der Waals surface area contributed by atoms with E-state index in [1.807, 2.05) is 11.3 Å². The molecule has 2 rings (SSSR count). The summed E-state index contributed by atoms with van der Waals surface area (Å²) in [5.41, 5.74) is 1.28. The van der Waals surface area contributed by atoms with Crippen LogP contribution in [0.15, 0.2) is 5.38 Å². The Bertz CT molecular complexity index is 356. The van der Waals surface area contributed by atoms with Crippen LogP contribution in [0.2, 0.25) is 0 Å². The molecule has 1 aliphatic rings. The van der Waals surface area contributed by atoms with Gasteiger partial charge in [0.25, 0.3) is 0 Å². The molecule has 1 atom stereocenters. The van der Waals surface area contributed by atoms with Crippen molar-refractivity contribution in [3.63, 3.8) is 0 Å². The number of nitrogens with one attached hydrogen (secondary N) is 1. The van der Waals surface area contributed by atoms with E-state index in [1.54, 1.807) is 0 Å². The highest BCUT2D eigenvalue weighted by molar-refractivity contribution is 7.09. The van der Waals surface area contributed by atoms with E-state index in [9.17, 15) is 0 Å². The normalized spacial score (nSPS) is 19.3. The molecule has 0 aliphatic carbocycles. The van der Waals surface area contributed by atoms with Gasteiger partial charge in [-0.15, -0.1) is 11.3 Å². The standard InChI is InChI=1S/C14H25N3S/c1-11(2)8-14-16-13(10-18-14)9-12(3)17-6-4-15-5-7-17/h10-12,15H,4-9H2,1-3H3. The highest BCUT2D eigenvalue weighted by Gasteiger charge is 2.17. The second-order valence-electron chi connectivity index (χ2n) is 5.67. The van der Waals surface area contributed by atoms with Gasteiger partial charge in [-0.25, -0.2) is 4.98 Å². The van der Waals surface area contributed by atoms with Gasteiger partial charge in [-0.1, -0.05) is 13.8 Å². The summed E-state index contributed by atoms with van der Waals surface area (Å²) in [6.45, 7) is 11.4. The molecule has 3 nitrogen and oxygen atoms in total. The first-order valence-electron chi connectivity index (χ1n) is 7.03. The second-order valence-corrected chi connectivity index (χ2v) is 6.61. The van der Waals surface area contributed by atoms with Crippen molar-refractivity contribution < 1.29 is 0 Å². The Morgan fingerprint density at radius 2 is 2.00 bits per heavy atom. The summed E-state index contributed by atoms with van der Waals surface area (Å²) in [4.78, 5) is 7.33.